The Hall–Kier alpha value is -2.11. The zero-order valence-corrected chi connectivity index (χ0v) is 13.2. The Labute approximate surface area is 141 Å². The largest absolute Gasteiger partial charge is 0.326 e. The Kier molecular flexibility index (Phi) is 4.24. The van der Waals surface area contributed by atoms with Crippen molar-refractivity contribution in [2.75, 3.05) is 10.6 Å². The number of halogens is 3. The summed E-state index contributed by atoms with van der Waals surface area (Å²) in [7, 11) is 0. The minimum absolute atomic E-state index is 0.00815. The molecule has 0 spiro atoms. The van der Waals surface area contributed by atoms with Crippen LogP contribution in [0.25, 0.3) is 0 Å². The monoisotopic (exact) mass is 352 g/mol. The molecular weight excluding hydrogens is 342 g/mol. The molecule has 0 aliphatic carbocycles. The first kappa shape index (κ1) is 15.8. The van der Waals surface area contributed by atoms with Crippen LogP contribution >= 0.6 is 23.2 Å². The minimum atomic E-state index is -0.700. The van der Waals surface area contributed by atoms with Gasteiger partial charge in [-0.2, -0.15) is 0 Å². The van der Waals surface area contributed by atoms with E-state index < -0.39 is 11.7 Å². The summed E-state index contributed by atoms with van der Waals surface area (Å²) >= 11 is 11.7. The van der Waals surface area contributed by atoms with E-state index in [4.69, 9.17) is 23.2 Å². The number of hydrogen-bond acceptors (Lipinski definition) is 2. The van der Waals surface area contributed by atoms with Crippen LogP contribution in [-0.2, 0) is 9.59 Å². The topological polar surface area (TPSA) is 58.2 Å². The van der Waals surface area contributed by atoms with E-state index in [9.17, 15) is 14.0 Å². The van der Waals surface area contributed by atoms with Crippen molar-refractivity contribution < 1.29 is 14.0 Å². The molecule has 3 rings (SSSR count). The number of nitrogens with one attached hydrogen (secondary N) is 2. The fraction of sp³-hybridized carbons (Fsp3) is 0.125. The summed E-state index contributed by atoms with van der Waals surface area (Å²) in [5.74, 6) is -1.88. The van der Waals surface area contributed by atoms with Crippen molar-refractivity contribution in [3.05, 3.63) is 57.8 Å². The summed E-state index contributed by atoms with van der Waals surface area (Å²) < 4.78 is 13.3. The second-order valence-electron chi connectivity index (χ2n) is 5.15. The number of carbonyl (C=O) groups is 2. The SMILES string of the molecule is O=C1C[C@H](C(=O)Nc2ccc(Cl)c(Cl)c2)c2ccc(F)cc2N1. The highest BCUT2D eigenvalue weighted by Crippen LogP contribution is 2.34. The lowest BCUT2D eigenvalue weighted by molar-refractivity contribution is -0.123. The molecule has 1 heterocycles. The van der Waals surface area contributed by atoms with Crippen molar-refractivity contribution in [1.82, 2.24) is 0 Å². The number of rotatable bonds is 2. The average Bonchev–Trinajstić information content (AvgIpc) is 2.49. The molecule has 0 aromatic heterocycles. The molecule has 2 aromatic carbocycles. The van der Waals surface area contributed by atoms with E-state index in [1.165, 1.54) is 24.3 Å². The first-order valence-corrected chi connectivity index (χ1v) is 7.55. The van der Waals surface area contributed by atoms with Crippen LogP contribution in [0.15, 0.2) is 36.4 Å². The van der Waals surface area contributed by atoms with E-state index >= 15 is 0 Å². The molecule has 118 valence electrons. The second kappa shape index (κ2) is 6.18. The van der Waals surface area contributed by atoms with Gasteiger partial charge in [0.2, 0.25) is 11.8 Å². The third-order valence-electron chi connectivity index (χ3n) is 3.56. The Morgan fingerprint density at radius 2 is 1.96 bits per heavy atom. The first-order chi connectivity index (χ1) is 10.9. The zero-order valence-electron chi connectivity index (χ0n) is 11.7. The molecule has 1 aliphatic rings. The van der Waals surface area contributed by atoms with Crippen molar-refractivity contribution in [3.8, 4) is 0 Å². The van der Waals surface area contributed by atoms with Crippen molar-refractivity contribution >= 4 is 46.4 Å². The smallest absolute Gasteiger partial charge is 0.232 e. The molecule has 23 heavy (non-hydrogen) atoms. The van der Waals surface area contributed by atoms with Crippen molar-refractivity contribution in [2.45, 2.75) is 12.3 Å². The molecular formula is C16H11Cl2FN2O2. The van der Waals surface area contributed by atoms with Crippen LogP contribution in [0.2, 0.25) is 10.0 Å². The molecule has 4 nitrogen and oxygen atoms in total. The van der Waals surface area contributed by atoms with Gasteiger partial charge in [0, 0.05) is 17.8 Å². The third-order valence-corrected chi connectivity index (χ3v) is 4.30. The van der Waals surface area contributed by atoms with Gasteiger partial charge in [-0.25, -0.2) is 4.39 Å². The van der Waals surface area contributed by atoms with Crippen molar-refractivity contribution in [3.63, 3.8) is 0 Å². The van der Waals surface area contributed by atoms with Crippen LogP contribution in [0.3, 0.4) is 0 Å². The number of anilines is 2. The fourth-order valence-corrected chi connectivity index (χ4v) is 2.77. The molecule has 0 fully saturated rings. The van der Waals surface area contributed by atoms with Crippen LogP contribution in [0.5, 0.6) is 0 Å². The van der Waals surface area contributed by atoms with Crippen LogP contribution in [-0.4, -0.2) is 11.8 Å². The minimum Gasteiger partial charge on any atom is -0.326 e. The number of amides is 2. The molecule has 2 amide bonds. The summed E-state index contributed by atoms with van der Waals surface area (Å²) in [6, 6.07) is 8.66. The van der Waals surface area contributed by atoms with E-state index in [0.717, 1.165) is 0 Å². The highest BCUT2D eigenvalue weighted by atomic mass is 35.5. The molecule has 1 aliphatic heterocycles. The molecule has 2 aromatic rings. The lowest BCUT2D eigenvalue weighted by Gasteiger charge is -2.25. The average molecular weight is 353 g/mol. The lowest BCUT2D eigenvalue weighted by Crippen LogP contribution is -2.30. The van der Waals surface area contributed by atoms with Gasteiger partial charge in [0.25, 0.3) is 0 Å². The summed E-state index contributed by atoms with van der Waals surface area (Å²) in [6.07, 6.45) is -0.00815. The maximum absolute atomic E-state index is 13.3. The van der Waals surface area contributed by atoms with Gasteiger partial charge in [0.1, 0.15) is 5.82 Å². The normalized spacial score (nSPS) is 16.5. The second-order valence-corrected chi connectivity index (χ2v) is 5.97. The first-order valence-electron chi connectivity index (χ1n) is 6.79. The quantitative estimate of drug-likeness (QED) is 0.850. The van der Waals surface area contributed by atoms with E-state index in [0.29, 0.717) is 27.0 Å². The Morgan fingerprint density at radius 3 is 2.70 bits per heavy atom. The molecule has 1 atom stereocenters. The standard InChI is InChI=1S/C16H11Cl2FN2O2/c17-12-4-2-9(6-13(12)18)20-16(23)11-7-15(22)21-14-5-8(19)1-3-10(11)14/h1-6,11H,7H2,(H,20,23)(H,21,22)/t11-/m0/s1. The fourth-order valence-electron chi connectivity index (χ4n) is 2.47. The number of benzene rings is 2. The van der Waals surface area contributed by atoms with Gasteiger partial charge in [-0.3, -0.25) is 9.59 Å². The zero-order chi connectivity index (χ0) is 16.6. The van der Waals surface area contributed by atoms with Gasteiger partial charge in [-0.1, -0.05) is 29.3 Å². The molecule has 0 saturated heterocycles. The van der Waals surface area contributed by atoms with E-state index in [1.807, 2.05) is 0 Å². The Morgan fingerprint density at radius 1 is 1.17 bits per heavy atom. The molecule has 2 N–H and O–H groups in total. The predicted molar refractivity (Wildman–Crippen MR) is 87.5 cm³/mol. The maximum atomic E-state index is 13.3. The van der Waals surface area contributed by atoms with Gasteiger partial charge in [-0.15, -0.1) is 0 Å². The van der Waals surface area contributed by atoms with Crippen molar-refractivity contribution in [1.29, 1.82) is 0 Å². The van der Waals surface area contributed by atoms with Crippen LogP contribution in [0.4, 0.5) is 15.8 Å². The Balaban J connectivity index is 1.87. The summed E-state index contributed by atoms with van der Waals surface area (Å²) in [5, 5.41) is 5.96. The predicted octanol–water partition coefficient (Wildman–Crippen LogP) is 4.20. The number of carbonyl (C=O) groups excluding carboxylic acids is 2. The highest BCUT2D eigenvalue weighted by Gasteiger charge is 2.31. The summed E-state index contributed by atoms with van der Waals surface area (Å²) in [5.41, 5.74) is 1.36. The Bertz CT molecular complexity index is 811. The van der Waals surface area contributed by atoms with Gasteiger partial charge in [-0.05, 0) is 35.9 Å². The van der Waals surface area contributed by atoms with Crippen molar-refractivity contribution in [2.24, 2.45) is 0 Å². The molecule has 7 heteroatoms. The third kappa shape index (κ3) is 3.30. The molecule has 0 unspecified atom stereocenters. The van der Waals surface area contributed by atoms with E-state index in [1.54, 1.807) is 12.1 Å². The molecule has 0 saturated carbocycles. The molecule has 0 radical (unpaired) electrons. The van der Waals surface area contributed by atoms with Gasteiger partial charge >= 0.3 is 0 Å². The molecule has 0 bridgehead atoms. The maximum Gasteiger partial charge on any atom is 0.232 e. The van der Waals surface area contributed by atoms with Gasteiger partial charge in [0.05, 0.1) is 16.0 Å². The van der Waals surface area contributed by atoms with Crippen LogP contribution in [0.1, 0.15) is 17.9 Å². The van der Waals surface area contributed by atoms with E-state index in [-0.39, 0.29) is 18.2 Å². The highest BCUT2D eigenvalue weighted by molar-refractivity contribution is 6.42. The number of hydrogen-bond donors (Lipinski definition) is 2. The van der Waals surface area contributed by atoms with Crippen LogP contribution < -0.4 is 10.6 Å². The summed E-state index contributed by atoms with van der Waals surface area (Å²) in [4.78, 5) is 24.2. The lowest BCUT2D eigenvalue weighted by atomic mass is 9.89. The number of fused-ring (bicyclic) bond motifs is 1. The van der Waals surface area contributed by atoms with Gasteiger partial charge < -0.3 is 10.6 Å². The van der Waals surface area contributed by atoms with Crippen LogP contribution in [0, 0.1) is 5.82 Å². The van der Waals surface area contributed by atoms with Gasteiger partial charge in [0.15, 0.2) is 0 Å². The van der Waals surface area contributed by atoms with E-state index in [2.05, 4.69) is 10.6 Å². The summed E-state index contributed by atoms with van der Waals surface area (Å²) in [6.45, 7) is 0.